The number of aromatic nitrogens is 2. The highest BCUT2D eigenvalue weighted by atomic mass is 32.2. The molecule has 0 bridgehead atoms. The Balaban J connectivity index is 1.92. The molecule has 0 unspecified atom stereocenters. The van der Waals surface area contributed by atoms with Crippen LogP contribution in [-0.2, 0) is 0 Å². The molecule has 22 heavy (non-hydrogen) atoms. The second-order valence-corrected chi connectivity index (χ2v) is 5.97. The number of nitrogen functional groups attached to an aromatic ring is 1. The zero-order chi connectivity index (χ0) is 15.5. The number of aromatic hydroxyl groups is 1. The van der Waals surface area contributed by atoms with Gasteiger partial charge in [0.1, 0.15) is 10.8 Å². The average molecular weight is 309 g/mol. The molecule has 0 fully saturated rings. The lowest BCUT2D eigenvalue weighted by Gasteiger charge is -2.07. The van der Waals surface area contributed by atoms with E-state index in [2.05, 4.69) is 22.1 Å². The highest BCUT2D eigenvalue weighted by molar-refractivity contribution is 7.99. The van der Waals surface area contributed by atoms with Crippen molar-refractivity contribution in [2.75, 3.05) is 5.73 Å². The molecule has 0 spiro atoms. The Labute approximate surface area is 133 Å². The monoisotopic (exact) mass is 309 g/mol. The lowest BCUT2D eigenvalue weighted by Crippen LogP contribution is -1.97. The maximum atomic E-state index is 9.36. The molecule has 110 valence electrons. The fraction of sp³-hybridized carbons (Fsp3) is 0.0588. The van der Waals surface area contributed by atoms with E-state index in [1.807, 2.05) is 19.1 Å². The van der Waals surface area contributed by atoms with Gasteiger partial charge in [0.05, 0.1) is 11.9 Å². The normalized spacial score (nSPS) is 10.6. The van der Waals surface area contributed by atoms with Gasteiger partial charge in [0.25, 0.3) is 0 Å². The maximum Gasteiger partial charge on any atom is 0.156 e. The number of anilines is 1. The maximum absolute atomic E-state index is 9.36. The van der Waals surface area contributed by atoms with E-state index < -0.39 is 0 Å². The molecule has 3 aromatic rings. The standard InChI is InChI=1S/C17H15N3OS/c1-11-2-8-14(9-3-11)22-17-16(18)19-10-15(20-17)12-4-6-13(21)7-5-12/h2-10,21H,1H3,(H2,18,19). The fourth-order valence-corrected chi connectivity index (χ4v) is 2.74. The minimum Gasteiger partial charge on any atom is -0.508 e. The largest absolute Gasteiger partial charge is 0.508 e. The summed E-state index contributed by atoms with van der Waals surface area (Å²) in [6.07, 6.45) is 1.64. The molecule has 0 amide bonds. The van der Waals surface area contributed by atoms with Gasteiger partial charge < -0.3 is 10.8 Å². The first-order valence-electron chi connectivity index (χ1n) is 6.78. The van der Waals surface area contributed by atoms with Crippen LogP contribution in [0.3, 0.4) is 0 Å². The second-order valence-electron chi connectivity index (χ2n) is 4.91. The predicted octanol–water partition coefficient (Wildman–Crippen LogP) is 3.89. The van der Waals surface area contributed by atoms with Gasteiger partial charge in [-0.15, -0.1) is 0 Å². The molecule has 3 N–H and O–H groups in total. The number of nitrogens with zero attached hydrogens (tertiary/aromatic N) is 2. The summed E-state index contributed by atoms with van der Waals surface area (Å²) >= 11 is 1.49. The number of benzene rings is 2. The van der Waals surface area contributed by atoms with Gasteiger partial charge in [-0.2, -0.15) is 0 Å². The van der Waals surface area contributed by atoms with Crippen LogP contribution in [0.1, 0.15) is 5.56 Å². The Morgan fingerprint density at radius 3 is 2.36 bits per heavy atom. The van der Waals surface area contributed by atoms with E-state index in [1.165, 1.54) is 17.3 Å². The van der Waals surface area contributed by atoms with Crippen LogP contribution in [0.2, 0.25) is 0 Å². The third-order valence-corrected chi connectivity index (χ3v) is 4.17. The van der Waals surface area contributed by atoms with Gasteiger partial charge >= 0.3 is 0 Å². The zero-order valence-electron chi connectivity index (χ0n) is 12.0. The fourth-order valence-electron chi connectivity index (χ4n) is 1.95. The van der Waals surface area contributed by atoms with Gasteiger partial charge in [-0.1, -0.05) is 29.5 Å². The topological polar surface area (TPSA) is 72.0 Å². The molecule has 3 rings (SSSR count). The van der Waals surface area contributed by atoms with Crippen molar-refractivity contribution in [3.63, 3.8) is 0 Å². The number of rotatable bonds is 3. The number of nitrogens with two attached hydrogens (primary N) is 1. The summed E-state index contributed by atoms with van der Waals surface area (Å²) < 4.78 is 0. The van der Waals surface area contributed by atoms with Gasteiger partial charge in [0.2, 0.25) is 0 Å². The van der Waals surface area contributed by atoms with Gasteiger partial charge in [0.15, 0.2) is 5.82 Å². The van der Waals surface area contributed by atoms with Crippen LogP contribution in [0, 0.1) is 6.92 Å². The molecule has 0 saturated heterocycles. The molecule has 0 radical (unpaired) electrons. The quantitative estimate of drug-likeness (QED) is 0.768. The number of aryl methyl sites for hydroxylation is 1. The molecule has 0 aliphatic carbocycles. The summed E-state index contributed by atoms with van der Waals surface area (Å²) in [7, 11) is 0. The van der Waals surface area contributed by atoms with Crippen molar-refractivity contribution in [3.8, 4) is 17.0 Å². The number of hydrogen-bond acceptors (Lipinski definition) is 5. The van der Waals surface area contributed by atoms with Crippen molar-refractivity contribution in [2.45, 2.75) is 16.8 Å². The van der Waals surface area contributed by atoms with Crippen LogP contribution in [0.4, 0.5) is 5.82 Å². The van der Waals surface area contributed by atoms with Gasteiger partial charge in [-0.05, 0) is 43.3 Å². The van der Waals surface area contributed by atoms with Crippen molar-refractivity contribution in [1.29, 1.82) is 0 Å². The van der Waals surface area contributed by atoms with E-state index in [4.69, 9.17) is 5.73 Å². The van der Waals surface area contributed by atoms with E-state index in [-0.39, 0.29) is 5.75 Å². The molecule has 1 aromatic heterocycles. The molecular formula is C17H15N3OS. The van der Waals surface area contributed by atoms with Crippen LogP contribution < -0.4 is 5.73 Å². The Morgan fingerprint density at radius 2 is 1.68 bits per heavy atom. The van der Waals surface area contributed by atoms with Crippen molar-refractivity contribution in [2.24, 2.45) is 0 Å². The first-order valence-corrected chi connectivity index (χ1v) is 7.60. The molecular weight excluding hydrogens is 294 g/mol. The molecule has 0 atom stereocenters. The van der Waals surface area contributed by atoms with Crippen LogP contribution in [-0.4, -0.2) is 15.1 Å². The van der Waals surface area contributed by atoms with E-state index in [0.29, 0.717) is 10.8 Å². The summed E-state index contributed by atoms with van der Waals surface area (Å²) in [5, 5.41) is 10.0. The summed E-state index contributed by atoms with van der Waals surface area (Å²) in [4.78, 5) is 9.87. The number of phenols is 1. The Bertz CT molecular complexity index is 786. The van der Waals surface area contributed by atoms with Gasteiger partial charge in [-0.25, -0.2) is 9.97 Å². The van der Waals surface area contributed by atoms with Crippen molar-refractivity contribution in [1.82, 2.24) is 9.97 Å². The third-order valence-electron chi connectivity index (χ3n) is 3.17. The second kappa shape index (κ2) is 6.07. The molecule has 1 heterocycles. The van der Waals surface area contributed by atoms with Crippen LogP contribution in [0.5, 0.6) is 5.75 Å². The van der Waals surface area contributed by atoms with Gasteiger partial charge in [0, 0.05) is 10.5 Å². The summed E-state index contributed by atoms with van der Waals surface area (Å²) in [6.45, 7) is 2.05. The molecule has 0 saturated carbocycles. The molecule has 0 aliphatic heterocycles. The SMILES string of the molecule is Cc1ccc(Sc2nc(-c3ccc(O)cc3)cnc2N)cc1. The van der Waals surface area contributed by atoms with Crippen molar-refractivity contribution in [3.05, 3.63) is 60.3 Å². The Morgan fingerprint density at radius 1 is 1.00 bits per heavy atom. The van der Waals surface area contributed by atoms with Gasteiger partial charge in [-0.3, -0.25) is 0 Å². The average Bonchev–Trinajstić information content (AvgIpc) is 2.52. The summed E-state index contributed by atoms with van der Waals surface area (Å²) in [5.41, 5.74) is 8.76. The van der Waals surface area contributed by atoms with E-state index in [9.17, 15) is 5.11 Å². The Hall–Kier alpha value is -2.53. The summed E-state index contributed by atoms with van der Waals surface area (Å²) in [5.74, 6) is 0.634. The summed E-state index contributed by atoms with van der Waals surface area (Å²) in [6, 6.07) is 15.0. The lowest BCUT2D eigenvalue weighted by atomic mass is 10.1. The highest BCUT2D eigenvalue weighted by Crippen LogP contribution is 2.31. The molecule has 5 heteroatoms. The minimum absolute atomic E-state index is 0.224. The third kappa shape index (κ3) is 3.20. The van der Waals surface area contributed by atoms with Crippen LogP contribution in [0.15, 0.2) is 64.6 Å². The minimum atomic E-state index is 0.224. The van der Waals surface area contributed by atoms with E-state index in [0.717, 1.165) is 16.2 Å². The molecule has 4 nitrogen and oxygen atoms in total. The number of hydrogen-bond donors (Lipinski definition) is 2. The van der Waals surface area contributed by atoms with Crippen LogP contribution >= 0.6 is 11.8 Å². The molecule has 0 aliphatic rings. The van der Waals surface area contributed by atoms with E-state index in [1.54, 1.807) is 30.5 Å². The van der Waals surface area contributed by atoms with Crippen LogP contribution in [0.25, 0.3) is 11.3 Å². The smallest absolute Gasteiger partial charge is 0.156 e. The number of phenolic OH excluding ortho intramolecular Hbond substituents is 1. The Kier molecular flexibility index (Phi) is 3.98. The first-order chi connectivity index (χ1) is 10.6. The predicted molar refractivity (Wildman–Crippen MR) is 88.8 cm³/mol. The zero-order valence-corrected chi connectivity index (χ0v) is 12.8. The first kappa shape index (κ1) is 14.4. The lowest BCUT2D eigenvalue weighted by molar-refractivity contribution is 0.475. The highest BCUT2D eigenvalue weighted by Gasteiger charge is 2.08. The van der Waals surface area contributed by atoms with Crippen molar-refractivity contribution < 1.29 is 5.11 Å². The van der Waals surface area contributed by atoms with Crippen molar-refractivity contribution >= 4 is 17.6 Å². The van der Waals surface area contributed by atoms with E-state index >= 15 is 0 Å². The molecule has 2 aromatic carbocycles.